The van der Waals surface area contributed by atoms with Crippen LogP contribution in [-0.4, -0.2) is 49.2 Å². The molecule has 1 saturated heterocycles. The quantitative estimate of drug-likeness (QED) is 0.727. The van der Waals surface area contributed by atoms with Gasteiger partial charge in [0.2, 0.25) is 5.89 Å². The normalized spacial score (nSPS) is 15.0. The minimum atomic E-state index is 0.579. The maximum absolute atomic E-state index is 9.11. The van der Waals surface area contributed by atoms with Gasteiger partial charge in [-0.1, -0.05) is 0 Å². The number of hydrogen-bond donors (Lipinski definition) is 2. The fraction of sp³-hybridized carbons (Fsp3) is 0.333. The number of nitriles is 1. The van der Waals surface area contributed by atoms with Crippen LogP contribution in [0.1, 0.15) is 11.1 Å². The standard InChI is InChI=1S/C21H23N5O/c1-15-12-16(14-22)13-19-20(15)27-21(25-19)17-2-4-18(5-3-17)24-8-11-26-9-6-23-7-10-26/h2-5,12-13,23-24H,6-11H2,1H3. The first-order chi connectivity index (χ1) is 13.2. The molecular weight excluding hydrogens is 338 g/mol. The van der Waals surface area contributed by atoms with Crippen LogP contribution in [0.4, 0.5) is 5.69 Å². The molecule has 1 fully saturated rings. The summed E-state index contributed by atoms with van der Waals surface area (Å²) < 4.78 is 5.93. The maximum atomic E-state index is 9.11. The van der Waals surface area contributed by atoms with Crippen molar-refractivity contribution in [3.8, 4) is 17.5 Å². The van der Waals surface area contributed by atoms with Crippen molar-refractivity contribution in [1.29, 1.82) is 5.26 Å². The molecule has 2 N–H and O–H groups in total. The van der Waals surface area contributed by atoms with E-state index in [0.29, 0.717) is 11.5 Å². The molecular formula is C21H23N5O. The van der Waals surface area contributed by atoms with Crippen molar-refractivity contribution in [2.75, 3.05) is 44.6 Å². The minimum Gasteiger partial charge on any atom is -0.436 e. The Morgan fingerprint density at radius 3 is 2.74 bits per heavy atom. The molecule has 0 atom stereocenters. The topological polar surface area (TPSA) is 77.1 Å². The lowest BCUT2D eigenvalue weighted by Crippen LogP contribution is -2.45. The number of aromatic nitrogens is 1. The summed E-state index contributed by atoms with van der Waals surface area (Å²) in [6.07, 6.45) is 0. The first kappa shape index (κ1) is 17.5. The second kappa shape index (κ2) is 7.78. The van der Waals surface area contributed by atoms with E-state index in [-0.39, 0.29) is 0 Å². The highest BCUT2D eigenvalue weighted by Gasteiger charge is 2.12. The van der Waals surface area contributed by atoms with Gasteiger partial charge >= 0.3 is 0 Å². The number of nitrogens with zero attached hydrogens (tertiary/aromatic N) is 3. The first-order valence-electron chi connectivity index (χ1n) is 9.31. The van der Waals surface area contributed by atoms with Gasteiger partial charge in [-0.2, -0.15) is 5.26 Å². The van der Waals surface area contributed by atoms with Crippen LogP contribution in [0, 0.1) is 18.3 Å². The van der Waals surface area contributed by atoms with E-state index in [9.17, 15) is 0 Å². The van der Waals surface area contributed by atoms with Crippen LogP contribution in [0.2, 0.25) is 0 Å². The third-order valence-electron chi connectivity index (χ3n) is 4.90. The van der Waals surface area contributed by atoms with Crippen LogP contribution in [0.3, 0.4) is 0 Å². The van der Waals surface area contributed by atoms with Crippen LogP contribution in [-0.2, 0) is 0 Å². The van der Waals surface area contributed by atoms with Gasteiger partial charge in [0.05, 0.1) is 11.6 Å². The number of piperazine rings is 1. The Labute approximate surface area is 158 Å². The fourth-order valence-corrected chi connectivity index (χ4v) is 3.41. The van der Waals surface area contributed by atoms with Crippen LogP contribution >= 0.6 is 0 Å². The van der Waals surface area contributed by atoms with Gasteiger partial charge in [-0.15, -0.1) is 0 Å². The fourth-order valence-electron chi connectivity index (χ4n) is 3.41. The highest BCUT2D eigenvalue weighted by molar-refractivity contribution is 5.81. The van der Waals surface area contributed by atoms with Crippen molar-refractivity contribution in [2.24, 2.45) is 0 Å². The van der Waals surface area contributed by atoms with E-state index in [1.54, 1.807) is 6.07 Å². The van der Waals surface area contributed by atoms with E-state index in [1.165, 1.54) is 0 Å². The van der Waals surface area contributed by atoms with Crippen molar-refractivity contribution in [3.63, 3.8) is 0 Å². The average molecular weight is 361 g/mol. The van der Waals surface area contributed by atoms with Crippen molar-refractivity contribution >= 4 is 16.8 Å². The average Bonchev–Trinajstić information content (AvgIpc) is 3.14. The zero-order valence-corrected chi connectivity index (χ0v) is 15.5. The molecule has 2 heterocycles. The van der Waals surface area contributed by atoms with E-state index in [0.717, 1.165) is 67.2 Å². The minimum absolute atomic E-state index is 0.579. The molecule has 1 aliphatic rings. The smallest absolute Gasteiger partial charge is 0.227 e. The summed E-state index contributed by atoms with van der Waals surface area (Å²) in [5.41, 5.74) is 5.00. The van der Waals surface area contributed by atoms with E-state index in [1.807, 2.05) is 25.1 Å². The summed E-state index contributed by atoms with van der Waals surface area (Å²) in [6, 6.07) is 13.9. The van der Waals surface area contributed by atoms with Crippen LogP contribution in [0.5, 0.6) is 0 Å². The van der Waals surface area contributed by atoms with Gasteiger partial charge < -0.3 is 15.1 Å². The van der Waals surface area contributed by atoms with Crippen molar-refractivity contribution in [2.45, 2.75) is 6.92 Å². The van der Waals surface area contributed by atoms with Gasteiger partial charge in [0.15, 0.2) is 5.58 Å². The zero-order valence-electron chi connectivity index (χ0n) is 15.5. The third kappa shape index (κ3) is 3.95. The van der Waals surface area contributed by atoms with Crippen molar-refractivity contribution in [1.82, 2.24) is 15.2 Å². The Morgan fingerprint density at radius 1 is 1.22 bits per heavy atom. The summed E-state index contributed by atoms with van der Waals surface area (Å²) in [5, 5.41) is 16.0. The Balaban J connectivity index is 1.43. The van der Waals surface area contributed by atoms with Crippen LogP contribution in [0.15, 0.2) is 40.8 Å². The molecule has 27 heavy (non-hydrogen) atoms. The first-order valence-corrected chi connectivity index (χ1v) is 9.31. The van der Waals surface area contributed by atoms with Gasteiger partial charge in [-0.3, -0.25) is 4.90 Å². The van der Waals surface area contributed by atoms with E-state index in [4.69, 9.17) is 9.68 Å². The van der Waals surface area contributed by atoms with E-state index in [2.05, 4.69) is 38.7 Å². The molecule has 3 aromatic rings. The number of benzene rings is 2. The summed E-state index contributed by atoms with van der Waals surface area (Å²) >= 11 is 0. The number of hydrogen-bond acceptors (Lipinski definition) is 6. The lowest BCUT2D eigenvalue weighted by atomic mass is 10.1. The maximum Gasteiger partial charge on any atom is 0.227 e. The molecule has 4 rings (SSSR count). The summed E-state index contributed by atoms with van der Waals surface area (Å²) in [4.78, 5) is 7.02. The van der Waals surface area contributed by atoms with E-state index < -0.39 is 0 Å². The van der Waals surface area contributed by atoms with Gasteiger partial charge in [-0.25, -0.2) is 4.98 Å². The molecule has 0 spiro atoms. The zero-order chi connectivity index (χ0) is 18.6. The summed E-state index contributed by atoms with van der Waals surface area (Å²) in [5.74, 6) is 0.579. The number of nitrogens with one attached hydrogen (secondary N) is 2. The SMILES string of the molecule is Cc1cc(C#N)cc2nc(-c3ccc(NCCN4CCNCC4)cc3)oc12. The van der Waals surface area contributed by atoms with Crippen LogP contribution in [0.25, 0.3) is 22.6 Å². The highest BCUT2D eigenvalue weighted by atomic mass is 16.3. The van der Waals surface area contributed by atoms with Crippen molar-refractivity contribution < 1.29 is 4.42 Å². The summed E-state index contributed by atoms with van der Waals surface area (Å²) in [6.45, 7) is 8.30. The second-order valence-corrected chi connectivity index (χ2v) is 6.87. The molecule has 0 amide bonds. The van der Waals surface area contributed by atoms with Crippen LogP contribution < -0.4 is 10.6 Å². The molecule has 2 aromatic carbocycles. The largest absolute Gasteiger partial charge is 0.436 e. The number of rotatable bonds is 5. The second-order valence-electron chi connectivity index (χ2n) is 6.87. The monoisotopic (exact) mass is 361 g/mol. The Morgan fingerprint density at radius 2 is 2.00 bits per heavy atom. The molecule has 6 nitrogen and oxygen atoms in total. The summed E-state index contributed by atoms with van der Waals surface area (Å²) in [7, 11) is 0. The Bertz CT molecular complexity index is 965. The molecule has 138 valence electrons. The van der Waals surface area contributed by atoms with Crippen molar-refractivity contribution in [3.05, 3.63) is 47.5 Å². The molecule has 0 radical (unpaired) electrons. The number of fused-ring (bicyclic) bond motifs is 1. The van der Waals surface area contributed by atoms with Gasteiger partial charge in [0.25, 0.3) is 0 Å². The molecule has 0 bridgehead atoms. The number of oxazole rings is 1. The molecule has 1 aromatic heterocycles. The predicted molar refractivity (Wildman–Crippen MR) is 107 cm³/mol. The van der Waals surface area contributed by atoms with Gasteiger partial charge in [0, 0.05) is 50.5 Å². The third-order valence-corrected chi connectivity index (χ3v) is 4.90. The highest BCUT2D eigenvalue weighted by Crippen LogP contribution is 2.28. The van der Waals surface area contributed by atoms with Gasteiger partial charge in [0.1, 0.15) is 5.52 Å². The molecule has 6 heteroatoms. The molecule has 0 unspecified atom stereocenters. The lowest BCUT2D eigenvalue weighted by molar-refractivity contribution is 0.249. The lowest BCUT2D eigenvalue weighted by Gasteiger charge is -2.27. The molecule has 1 aliphatic heterocycles. The molecule has 0 saturated carbocycles. The molecule has 0 aliphatic carbocycles. The number of aryl methyl sites for hydroxylation is 1. The predicted octanol–water partition coefficient (Wildman–Crippen LogP) is 2.99. The van der Waals surface area contributed by atoms with Gasteiger partial charge in [-0.05, 0) is 48.9 Å². The number of anilines is 1. The Kier molecular flexibility index (Phi) is 5.05. The Hall–Kier alpha value is -2.88. The van der Waals surface area contributed by atoms with E-state index >= 15 is 0 Å².